The van der Waals surface area contributed by atoms with Gasteiger partial charge in [-0.3, -0.25) is 0 Å². The van der Waals surface area contributed by atoms with Crippen LogP contribution in [-0.4, -0.2) is 12.6 Å². The van der Waals surface area contributed by atoms with E-state index in [-0.39, 0.29) is 5.97 Å². The van der Waals surface area contributed by atoms with E-state index in [4.69, 9.17) is 4.74 Å². The molecule has 4 rings (SSSR count). The van der Waals surface area contributed by atoms with Gasteiger partial charge in [-0.05, 0) is 32.0 Å². The fourth-order valence-electron chi connectivity index (χ4n) is 3.49. The molecule has 28 heavy (non-hydrogen) atoms. The lowest BCUT2D eigenvalue weighted by Gasteiger charge is -2.12. The third-order valence-corrected chi connectivity index (χ3v) is 4.81. The largest absolute Gasteiger partial charge is 0.462 e. The normalized spacial score (nSPS) is 10.8. The minimum atomic E-state index is -0.306. The highest BCUT2D eigenvalue weighted by Gasteiger charge is 2.29. The van der Waals surface area contributed by atoms with Crippen LogP contribution in [0.5, 0.6) is 0 Å². The van der Waals surface area contributed by atoms with Crippen LogP contribution in [0.2, 0.25) is 0 Å². The maximum Gasteiger partial charge on any atom is 0.345 e. The Labute approximate surface area is 164 Å². The molecule has 0 bridgehead atoms. The maximum atomic E-state index is 13.1. The van der Waals surface area contributed by atoms with Gasteiger partial charge in [0.2, 0.25) is 11.4 Å². The van der Waals surface area contributed by atoms with Crippen LogP contribution in [0.15, 0.2) is 85.1 Å². The Kier molecular flexibility index (Phi) is 4.90. The lowest BCUT2D eigenvalue weighted by molar-refractivity contribution is -0.582. The van der Waals surface area contributed by atoms with Gasteiger partial charge in [0.15, 0.2) is 6.20 Å². The summed E-state index contributed by atoms with van der Waals surface area (Å²) in [6.07, 6.45) is 2.09. The van der Waals surface area contributed by atoms with Gasteiger partial charge >= 0.3 is 5.97 Å². The van der Waals surface area contributed by atoms with Crippen LogP contribution in [-0.2, 0) is 4.74 Å². The number of carbonyl (C=O) groups is 1. The Hall–Kier alpha value is -3.46. The van der Waals surface area contributed by atoms with Crippen molar-refractivity contribution in [2.75, 3.05) is 6.61 Å². The third kappa shape index (κ3) is 3.27. The van der Waals surface area contributed by atoms with E-state index in [2.05, 4.69) is 42.0 Å². The molecule has 0 N–H and O–H groups in total. The van der Waals surface area contributed by atoms with Crippen LogP contribution in [0.1, 0.15) is 22.8 Å². The van der Waals surface area contributed by atoms with E-state index in [1.165, 1.54) is 5.56 Å². The summed E-state index contributed by atoms with van der Waals surface area (Å²) < 4.78 is 7.54. The molecule has 0 aliphatic rings. The number of pyridine rings is 1. The van der Waals surface area contributed by atoms with E-state index < -0.39 is 0 Å². The van der Waals surface area contributed by atoms with Crippen molar-refractivity contribution in [1.29, 1.82) is 0 Å². The van der Waals surface area contributed by atoms with E-state index in [1.807, 2.05) is 61.5 Å². The van der Waals surface area contributed by atoms with E-state index in [0.717, 1.165) is 27.7 Å². The minimum Gasteiger partial charge on any atom is -0.462 e. The van der Waals surface area contributed by atoms with Crippen LogP contribution >= 0.6 is 0 Å². The predicted octanol–water partition coefficient (Wildman–Crippen LogP) is 5.27. The second kappa shape index (κ2) is 7.65. The summed E-state index contributed by atoms with van der Waals surface area (Å²) in [5, 5.41) is 1.88. The fourth-order valence-corrected chi connectivity index (χ4v) is 3.49. The van der Waals surface area contributed by atoms with E-state index in [0.29, 0.717) is 12.2 Å². The Balaban J connectivity index is 2.13. The molecular weight excluding hydrogens is 346 g/mol. The number of fused-ring (bicyclic) bond motifs is 1. The summed E-state index contributed by atoms with van der Waals surface area (Å²) in [6, 6.07) is 26.3. The molecule has 0 saturated heterocycles. The maximum absolute atomic E-state index is 13.1. The first-order chi connectivity index (χ1) is 13.7. The van der Waals surface area contributed by atoms with E-state index >= 15 is 0 Å². The Morgan fingerprint density at radius 1 is 0.893 bits per heavy atom. The molecule has 0 radical (unpaired) electrons. The van der Waals surface area contributed by atoms with E-state index in [1.54, 1.807) is 0 Å². The smallest absolute Gasteiger partial charge is 0.345 e. The highest BCUT2D eigenvalue weighted by Crippen LogP contribution is 2.29. The Bertz CT molecular complexity index is 1130. The Morgan fingerprint density at radius 2 is 1.57 bits per heavy atom. The Morgan fingerprint density at radius 3 is 2.29 bits per heavy atom. The van der Waals surface area contributed by atoms with Gasteiger partial charge in [0, 0.05) is 28.5 Å². The van der Waals surface area contributed by atoms with Gasteiger partial charge in [0.05, 0.1) is 6.61 Å². The number of aromatic nitrogens is 1. The van der Waals surface area contributed by atoms with Gasteiger partial charge < -0.3 is 4.74 Å². The van der Waals surface area contributed by atoms with Crippen molar-refractivity contribution >= 4 is 16.7 Å². The SMILES string of the molecule is CCOC(=O)c1c(-c2ccccc2)[n+](-c2ccc(C)cc2)cc2ccccc12. The average Bonchev–Trinajstić information content (AvgIpc) is 2.73. The molecule has 0 fully saturated rings. The summed E-state index contributed by atoms with van der Waals surface area (Å²) in [4.78, 5) is 13.1. The summed E-state index contributed by atoms with van der Waals surface area (Å²) in [5.41, 5.74) is 4.59. The molecule has 3 nitrogen and oxygen atoms in total. The van der Waals surface area contributed by atoms with Crippen molar-refractivity contribution in [1.82, 2.24) is 0 Å². The standard InChI is InChI=1S/C25H22NO2/c1-3-28-25(27)23-22-12-8-7-11-20(22)17-26(21-15-13-18(2)14-16-21)24(23)19-9-5-4-6-10-19/h4-17H,3H2,1-2H3/q+1. The van der Waals surface area contributed by atoms with Crippen LogP contribution in [0.3, 0.4) is 0 Å². The lowest BCUT2D eigenvalue weighted by Crippen LogP contribution is -2.35. The number of aryl methyl sites for hydroxylation is 1. The van der Waals surface area contributed by atoms with E-state index in [9.17, 15) is 4.79 Å². The zero-order valence-corrected chi connectivity index (χ0v) is 16.1. The molecular formula is C25H22NO2+. The monoisotopic (exact) mass is 368 g/mol. The molecule has 1 heterocycles. The van der Waals surface area contributed by atoms with Crippen LogP contribution in [0, 0.1) is 6.92 Å². The second-order valence-corrected chi connectivity index (χ2v) is 6.73. The van der Waals surface area contributed by atoms with Crippen LogP contribution in [0.25, 0.3) is 27.7 Å². The topological polar surface area (TPSA) is 30.2 Å². The number of benzene rings is 3. The molecule has 0 spiro atoms. The molecule has 0 atom stereocenters. The molecule has 0 amide bonds. The molecule has 1 aromatic heterocycles. The molecule has 3 aromatic carbocycles. The molecule has 0 saturated carbocycles. The number of esters is 1. The summed E-state index contributed by atoms with van der Waals surface area (Å²) >= 11 is 0. The van der Waals surface area contributed by atoms with Crippen molar-refractivity contribution in [2.45, 2.75) is 13.8 Å². The first-order valence-electron chi connectivity index (χ1n) is 9.46. The third-order valence-electron chi connectivity index (χ3n) is 4.81. The highest BCUT2D eigenvalue weighted by molar-refractivity contribution is 6.08. The molecule has 3 heteroatoms. The number of hydrogen-bond acceptors (Lipinski definition) is 2. The first kappa shape index (κ1) is 17.9. The summed E-state index contributed by atoms with van der Waals surface area (Å²) in [6.45, 7) is 4.23. The molecule has 138 valence electrons. The molecule has 4 aromatic rings. The number of rotatable bonds is 4. The van der Waals surface area contributed by atoms with Gasteiger partial charge in [0.1, 0.15) is 5.56 Å². The fraction of sp³-hybridized carbons (Fsp3) is 0.120. The molecule has 0 aliphatic carbocycles. The number of carbonyl (C=O) groups excluding carboxylic acids is 1. The number of hydrogen-bond donors (Lipinski definition) is 0. The highest BCUT2D eigenvalue weighted by atomic mass is 16.5. The van der Waals surface area contributed by atoms with Crippen molar-refractivity contribution in [2.24, 2.45) is 0 Å². The van der Waals surface area contributed by atoms with Gasteiger partial charge in [-0.1, -0.05) is 54.1 Å². The number of nitrogens with zero attached hydrogens (tertiary/aromatic N) is 1. The molecule has 0 aliphatic heterocycles. The van der Waals surface area contributed by atoms with Gasteiger partial charge in [-0.25, -0.2) is 4.79 Å². The first-order valence-corrected chi connectivity index (χ1v) is 9.46. The van der Waals surface area contributed by atoms with Crippen molar-refractivity contribution < 1.29 is 14.1 Å². The van der Waals surface area contributed by atoms with Crippen molar-refractivity contribution in [3.05, 3.63) is 96.2 Å². The van der Waals surface area contributed by atoms with Gasteiger partial charge in [-0.15, -0.1) is 0 Å². The minimum absolute atomic E-state index is 0.306. The number of ether oxygens (including phenoxy) is 1. The van der Waals surface area contributed by atoms with Crippen LogP contribution in [0.4, 0.5) is 0 Å². The summed E-state index contributed by atoms with van der Waals surface area (Å²) in [7, 11) is 0. The zero-order valence-electron chi connectivity index (χ0n) is 16.1. The second-order valence-electron chi connectivity index (χ2n) is 6.73. The predicted molar refractivity (Wildman–Crippen MR) is 112 cm³/mol. The van der Waals surface area contributed by atoms with Crippen molar-refractivity contribution in [3.63, 3.8) is 0 Å². The van der Waals surface area contributed by atoms with Gasteiger partial charge in [-0.2, -0.15) is 4.57 Å². The summed E-state index contributed by atoms with van der Waals surface area (Å²) in [5.74, 6) is -0.306. The van der Waals surface area contributed by atoms with Crippen molar-refractivity contribution in [3.8, 4) is 16.9 Å². The zero-order chi connectivity index (χ0) is 19.5. The average molecular weight is 368 g/mol. The molecule has 0 unspecified atom stereocenters. The van der Waals surface area contributed by atoms with Crippen LogP contribution < -0.4 is 4.57 Å². The lowest BCUT2D eigenvalue weighted by atomic mass is 9.98. The quantitative estimate of drug-likeness (QED) is 0.363. The van der Waals surface area contributed by atoms with Gasteiger partial charge in [0.25, 0.3) is 0 Å².